The molecule has 0 aromatic carbocycles. The second kappa shape index (κ2) is 4.08. The number of thiol groups is 1. The van der Waals surface area contributed by atoms with Gasteiger partial charge in [0.15, 0.2) is 0 Å². The average molecular weight is 200 g/mol. The molecule has 0 atom stereocenters. The van der Waals surface area contributed by atoms with Gasteiger partial charge in [-0.25, -0.2) is 0 Å². The number of amides is 3. The Morgan fingerprint density at radius 2 is 1.92 bits per heavy atom. The van der Waals surface area contributed by atoms with Gasteiger partial charge in [-0.3, -0.25) is 19.3 Å². The lowest BCUT2D eigenvalue weighted by atomic mass is 10.5. The standard InChI is InChI=1S/C7H8N2O3S/c10-5-1-2-6(11)9(5)4-3-8-7(12)13/h1-2H,3-4H2,(H2,8,12,13). The Morgan fingerprint density at radius 3 is 2.38 bits per heavy atom. The third kappa shape index (κ3) is 2.59. The van der Waals surface area contributed by atoms with Crippen LogP contribution in [0.25, 0.3) is 0 Å². The lowest BCUT2D eigenvalue weighted by molar-refractivity contribution is -0.136. The van der Waals surface area contributed by atoms with E-state index in [0.29, 0.717) is 0 Å². The monoisotopic (exact) mass is 200 g/mol. The Morgan fingerprint density at radius 1 is 1.38 bits per heavy atom. The van der Waals surface area contributed by atoms with E-state index >= 15 is 0 Å². The first kappa shape index (κ1) is 9.79. The van der Waals surface area contributed by atoms with Crippen LogP contribution in [-0.2, 0) is 9.59 Å². The fraction of sp³-hybridized carbons (Fsp3) is 0.286. The molecule has 3 amide bonds. The molecular weight excluding hydrogens is 192 g/mol. The highest BCUT2D eigenvalue weighted by molar-refractivity contribution is 7.96. The molecule has 0 aliphatic carbocycles. The normalized spacial score (nSPS) is 15.3. The molecule has 6 heteroatoms. The molecule has 1 aliphatic heterocycles. The fourth-order valence-electron chi connectivity index (χ4n) is 0.926. The second-order valence-corrected chi connectivity index (χ2v) is 2.80. The van der Waals surface area contributed by atoms with Crippen LogP contribution in [0, 0.1) is 0 Å². The van der Waals surface area contributed by atoms with Gasteiger partial charge in [-0.2, -0.15) is 0 Å². The highest BCUT2D eigenvalue weighted by atomic mass is 32.1. The molecule has 70 valence electrons. The van der Waals surface area contributed by atoms with Crippen molar-refractivity contribution in [1.82, 2.24) is 10.2 Å². The first-order valence-electron chi connectivity index (χ1n) is 3.61. The maximum atomic E-state index is 10.9. The zero-order chi connectivity index (χ0) is 9.84. The molecule has 1 rings (SSSR count). The number of rotatable bonds is 3. The van der Waals surface area contributed by atoms with Gasteiger partial charge >= 0.3 is 0 Å². The third-order valence-corrected chi connectivity index (χ3v) is 1.67. The molecule has 13 heavy (non-hydrogen) atoms. The van der Waals surface area contributed by atoms with Gasteiger partial charge in [0.1, 0.15) is 0 Å². The van der Waals surface area contributed by atoms with Gasteiger partial charge in [0.25, 0.3) is 17.1 Å². The molecule has 0 aromatic heterocycles. The predicted octanol–water partition coefficient (Wildman–Crippen LogP) is -0.449. The van der Waals surface area contributed by atoms with Gasteiger partial charge in [-0.1, -0.05) is 12.6 Å². The van der Waals surface area contributed by atoms with E-state index in [2.05, 4.69) is 17.9 Å². The van der Waals surface area contributed by atoms with Crippen LogP contribution in [0.15, 0.2) is 12.2 Å². The number of carbonyl (C=O) groups is 3. The molecule has 0 spiro atoms. The topological polar surface area (TPSA) is 66.5 Å². The van der Waals surface area contributed by atoms with E-state index < -0.39 is 5.24 Å². The molecule has 0 unspecified atom stereocenters. The van der Waals surface area contributed by atoms with E-state index in [0.717, 1.165) is 4.90 Å². The minimum absolute atomic E-state index is 0.178. The van der Waals surface area contributed by atoms with E-state index in [9.17, 15) is 14.4 Å². The average Bonchev–Trinajstić information content (AvgIpc) is 2.34. The Balaban J connectivity index is 2.34. The summed E-state index contributed by atoms with van der Waals surface area (Å²) in [5, 5.41) is 1.89. The summed E-state index contributed by atoms with van der Waals surface area (Å²) in [5.41, 5.74) is 0. The van der Waals surface area contributed by atoms with Crippen LogP contribution in [0.2, 0.25) is 0 Å². The predicted molar refractivity (Wildman–Crippen MR) is 48.2 cm³/mol. The molecular formula is C7H8N2O3S. The Hall–Kier alpha value is -1.30. The molecule has 5 nitrogen and oxygen atoms in total. The number of nitrogens with one attached hydrogen (secondary N) is 1. The first-order valence-corrected chi connectivity index (χ1v) is 4.06. The van der Waals surface area contributed by atoms with E-state index in [1.807, 2.05) is 0 Å². The fourth-order valence-corrected chi connectivity index (χ4v) is 1.04. The second-order valence-electron chi connectivity index (χ2n) is 2.39. The molecule has 1 heterocycles. The van der Waals surface area contributed by atoms with Crippen LogP contribution >= 0.6 is 12.6 Å². The van der Waals surface area contributed by atoms with Gasteiger partial charge in [-0.15, -0.1) is 0 Å². The minimum atomic E-state index is -0.480. The molecule has 0 saturated carbocycles. The summed E-state index contributed by atoms with van der Waals surface area (Å²) in [7, 11) is 0. The zero-order valence-corrected chi connectivity index (χ0v) is 7.58. The highest BCUT2D eigenvalue weighted by Gasteiger charge is 2.22. The summed E-state index contributed by atoms with van der Waals surface area (Å²) < 4.78 is 0. The van der Waals surface area contributed by atoms with Gasteiger partial charge in [0.2, 0.25) is 0 Å². The number of hydrogen-bond donors (Lipinski definition) is 2. The molecule has 0 radical (unpaired) electrons. The van der Waals surface area contributed by atoms with Crippen molar-refractivity contribution in [2.24, 2.45) is 0 Å². The maximum Gasteiger partial charge on any atom is 0.276 e. The van der Waals surface area contributed by atoms with Crippen molar-refractivity contribution in [3.63, 3.8) is 0 Å². The van der Waals surface area contributed by atoms with Crippen LogP contribution < -0.4 is 5.32 Å². The molecule has 0 bridgehead atoms. The van der Waals surface area contributed by atoms with Crippen molar-refractivity contribution in [1.29, 1.82) is 0 Å². The zero-order valence-electron chi connectivity index (χ0n) is 6.69. The molecule has 0 aromatic rings. The van der Waals surface area contributed by atoms with Crippen molar-refractivity contribution in [3.05, 3.63) is 12.2 Å². The van der Waals surface area contributed by atoms with Crippen molar-refractivity contribution in [2.45, 2.75) is 0 Å². The SMILES string of the molecule is O=C(S)NCCN1C(=O)C=CC1=O. The lowest BCUT2D eigenvalue weighted by Gasteiger charge is -2.12. The van der Waals surface area contributed by atoms with Gasteiger partial charge in [-0.05, 0) is 0 Å². The quantitative estimate of drug-likeness (QED) is 0.479. The van der Waals surface area contributed by atoms with Crippen LogP contribution in [-0.4, -0.2) is 35.0 Å². The number of carbonyl (C=O) groups excluding carboxylic acids is 3. The summed E-state index contributed by atoms with van der Waals surface area (Å²) in [6, 6.07) is 0. The molecule has 0 saturated heterocycles. The van der Waals surface area contributed by atoms with Crippen molar-refractivity contribution >= 4 is 29.7 Å². The van der Waals surface area contributed by atoms with Gasteiger partial charge in [0.05, 0.1) is 0 Å². The molecule has 0 fully saturated rings. The van der Waals surface area contributed by atoms with Crippen molar-refractivity contribution in [2.75, 3.05) is 13.1 Å². The Bertz CT molecular complexity index is 269. The summed E-state index contributed by atoms with van der Waals surface area (Å²) in [5.74, 6) is -0.697. The highest BCUT2D eigenvalue weighted by Crippen LogP contribution is 2.01. The van der Waals surface area contributed by atoms with Crippen molar-refractivity contribution in [3.8, 4) is 0 Å². The number of imide groups is 1. The summed E-state index contributed by atoms with van der Waals surface area (Å²) >= 11 is 3.47. The summed E-state index contributed by atoms with van der Waals surface area (Å²) in [6.45, 7) is 0.401. The van der Waals surface area contributed by atoms with E-state index in [1.54, 1.807) is 0 Å². The van der Waals surface area contributed by atoms with E-state index in [-0.39, 0.29) is 24.9 Å². The van der Waals surface area contributed by atoms with Crippen LogP contribution in [0.3, 0.4) is 0 Å². The van der Waals surface area contributed by atoms with Gasteiger partial charge in [0, 0.05) is 25.2 Å². The van der Waals surface area contributed by atoms with Crippen molar-refractivity contribution < 1.29 is 14.4 Å². The third-order valence-electron chi connectivity index (χ3n) is 1.51. The largest absolute Gasteiger partial charge is 0.345 e. The molecule has 1 aliphatic rings. The lowest BCUT2D eigenvalue weighted by Crippen LogP contribution is -2.36. The van der Waals surface area contributed by atoms with Crippen LogP contribution in [0.5, 0.6) is 0 Å². The Kier molecular flexibility index (Phi) is 3.07. The number of hydrogen-bond acceptors (Lipinski definition) is 3. The number of nitrogens with zero attached hydrogens (tertiary/aromatic N) is 1. The van der Waals surface area contributed by atoms with Gasteiger partial charge < -0.3 is 5.32 Å². The van der Waals surface area contributed by atoms with E-state index in [4.69, 9.17) is 0 Å². The maximum absolute atomic E-state index is 10.9. The first-order chi connectivity index (χ1) is 6.11. The van der Waals surface area contributed by atoms with Crippen LogP contribution in [0.4, 0.5) is 4.79 Å². The Labute approximate surface area is 80.2 Å². The smallest absolute Gasteiger partial charge is 0.276 e. The summed E-state index contributed by atoms with van der Waals surface area (Å²) in [6.07, 6.45) is 2.40. The summed E-state index contributed by atoms with van der Waals surface area (Å²) in [4.78, 5) is 33.3. The molecule has 1 N–H and O–H groups in total. The minimum Gasteiger partial charge on any atom is -0.345 e. The van der Waals surface area contributed by atoms with E-state index in [1.165, 1.54) is 12.2 Å². The van der Waals surface area contributed by atoms with Crippen LogP contribution in [0.1, 0.15) is 0 Å².